The molecule has 0 amide bonds. The highest BCUT2D eigenvalue weighted by Crippen LogP contribution is 2.31. The molecule has 0 aliphatic heterocycles. The van der Waals surface area contributed by atoms with Gasteiger partial charge in [-0.3, -0.25) is 0 Å². The Morgan fingerprint density at radius 3 is 2.37 bits per heavy atom. The molecule has 1 fully saturated rings. The van der Waals surface area contributed by atoms with Crippen molar-refractivity contribution in [3.8, 4) is 0 Å². The summed E-state index contributed by atoms with van der Waals surface area (Å²) in [5.41, 5.74) is 0.0375. The van der Waals surface area contributed by atoms with E-state index < -0.39 is 11.6 Å². The lowest BCUT2D eigenvalue weighted by Crippen LogP contribution is -2.20. The van der Waals surface area contributed by atoms with E-state index in [9.17, 15) is 8.78 Å². The first-order valence-electron chi connectivity index (χ1n) is 7.28. The number of hydrogen-bond acceptors (Lipinski definition) is 1. The smallest absolute Gasteiger partial charge is 0.149 e. The van der Waals surface area contributed by atoms with Crippen LogP contribution < -0.4 is 5.32 Å². The third kappa shape index (κ3) is 3.68. The van der Waals surface area contributed by atoms with E-state index in [1.165, 1.54) is 24.6 Å². The van der Waals surface area contributed by atoms with Gasteiger partial charge in [0.25, 0.3) is 0 Å². The van der Waals surface area contributed by atoms with E-state index in [1.807, 2.05) is 0 Å². The molecule has 0 aromatic heterocycles. The fourth-order valence-electron chi connectivity index (χ4n) is 2.98. The number of para-hydroxylation sites is 1. The molecule has 1 saturated carbocycles. The van der Waals surface area contributed by atoms with Gasteiger partial charge in [-0.05, 0) is 43.2 Å². The van der Waals surface area contributed by atoms with Crippen LogP contribution in [-0.2, 0) is 0 Å². The minimum atomic E-state index is -0.496. The molecular formula is C16H23F2N. The molecule has 2 rings (SSSR count). The molecule has 2 unspecified atom stereocenters. The van der Waals surface area contributed by atoms with E-state index in [2.05, 4.69) is 19.2 Å². The van der Waals surface area contributed by atoms with Crippen molar-refractivity contribution in [2.45, 2.75) is 52.0 Å². The maximum Gasteiger partial charge on any atom is 0.149 e. The van der Waals surface area contributed by atoms with Crippen molar-refractivity contribution in [2.24, 2.45) is 11.8 Å². The molecule has 1 aliphatic carbocycles. The first-order chi connectivity index (χ1) is 9.08. The highest BCUT2D eigenvalue weighted by Gasteiger charge is 2.22. The summed E-state index contributed by atoms with van der Waals surface area (Å²) in [6.45, 7) is 4.52. The Balaban J connectivity index is 2.00. The SMILES string of the molecule is CC(C)C1CCCC(Nc2c(F)cccc2F)CC1. The third-order valence-electron chi connectivity index (χ3n) is 4.27. The monoisotopic (exact) mass is 267 g/mol. The summed E-state index contributed by atoms with van der Waals surface area (Å²) in [5, 5.41) is 3.07. The van der Waals surface area contributed by atoms with Gasteiger partial charge in [-0.25, -0.2) is 8.78 Å². The third-order valence-corrected chi connectivity index (χ3v) is 4.27. The molecule has 0 spiro atoms. The second kappa shape index (κ2) is 6.36. The lowest BCUT2D eigenvalue weighted by atomic mass is 9.89. The molecule has 0 heterocycles. The van der Waals surface area contributed by atoms with Crippen molar-refractivity contribution in [2.75, 3.05) is 5.32 Å². The molecule has 106 valence electrons. The van der Waals surface area contributed by atoms with Gasteiger partial charge in [-0.15, -0.1) is 0 Å². The van der Waals surface area contributed by atoms with Crippen molar-refractivity contribution in [3.63, 3.8) is 0 Å². The van der Waals surface area contributed by atoms with E-state index in [-0.39, 0.29) is 11.7 Å². The minimum Gasteiger partial charge on any atom is -0.378 e. The van der Waals surface area contributed by atoms with E-state index in [0.29, 0.717) is 5.92 Å². The predicted molar refractivity (Wildman–Crippen MR) is 75.2 cm³/mol. The van der Waals surface area contributed by atoms with Crippen molar-refractivity contribution in [1.82, 2.24) is 0 Å². The maximum absolute atomic E-state index is 13.6. The average Bonchev–Trinajstić information content (AvgIpc) is 2.59. The van der Waals surface area contributed by atoms with Crippen LogP contribution in [0.1, 0.15) is 46.0 Å². The number of rotatable bonds is 3. The number of benzene rings is 1. The highest BCUT2D eigenvalue weighted by molar-refractivity contribution is 5.46. The Hall–Kier alpha value is -1.12. The summed E-state index contributed by atoms with van der Waals surface area (Å²) in [4.78, 5) is 0. The van der Waals surface area contributed by atoms with Crippen LogP contribution in [0.15, 0.2) is 18.2 Å². The van der Waals surface area contributed by atoms with Crippen LogP contribution in [0.4, 0.5) is 14.5 Å². The summed E-state index contributed by atoms with van der Waals surface area (Å²) in [6.07, 6.45) is 5.51. The minimum absolute atomic E-state index is 0.0375. The Labute approximate surface area is 114 Å². The fourth-order valence-corrected chi connectivity index (χ4v) is 2.98. The van der Waals surface area contributed by atoms with Crippen LogP contribution in [0, 0.1) is 23.5 Å². The quantitative estimate of drug-likeness (QED) is 0.761. The summed E-state index contributed by atoms with van der Waals surface area (Å²) in [6, 6.07) is 4.20. The zero-order valence-corrected chi connectivity index (χ0v) is 11.8. The molecule has 1 aromatic carbocycles. The zero-order chi connectivity index (χ0) is 13.8. The van der Waals surface area contributed by atoms with Crippen LogP contribution in [0.2, 0.25) is 0 Å². The van der Waals surface area contributed by atoms with Crippen LogP contribution >= 0.6 is 0 Å². The van der Waals surface area contributed by atoms with Gasteiger partial charge in [0.05, 0.1) is 0 Å². The van der Waals surface area contributed by atoms with Crippen LogP contribution in [-0.4, -0.2) is 6.04 Å². The molecule has 0 radical (unpaired) electrons. The summed E-state index contributed by atoms with van der Waals surface area (Å²) >= 11 is 0. The van der Waals surface area contributed by atoms with Gasteiger partial charge in [-0.1, -0.05) is 32.8 Å². The number of nitrogens with one attached hydrogen (secondary N) is 1. The lowest BCUT2D eigenvalue weighted by molar-refractivity contribution is 0.341. The summed E-state index contributed by atoms with van der Waals surface area (Å²) < 4.78 is 27.2. The van der Waals surface area contributed by atoms with Gasteiger partial charge in [0.15, 0.2) is 0 Å². The standard InChI is InChI=1S/C16H23F2N/c1-11(2)12-5-3-6-13(10-9-12)19-16-14(17)7-4-8-15(16)18/h4,7-8,11-13,19H,3,5-6,9-10H2,1-2H3. The van der Waals surface area contributed by atoms with E-state index in [0.717, 1.165) is 31.6 Å². The number of hydrogen-bond donors (Lipinski definition) is 1. The van der Waals surface area contributed by atoms with Crippen molar-refractivity contribution in [1.29, 1.82) is 0 Å². The molecular weight excluding hydrogens is 244 g/mol. The maximum atomic E-state index is 13.6. The lowest BCUT2D eigenvalue weighted by Gasteiger charge is -2.20. The van der Waals surface area contributed by atoms with Gasteiger partial charge in [0.2, 0.25) is 0 Å². The molecule has 0 saturated heterocycles. The summed E-state index contributed by atoms with van der Waals surface area (Å²) in [5.74, 6) is 0.454. The van der Waals surface area contributed by atoms with E-state index in [1.54, 1.807) is 0 Å². The molecule has 1 nitrogen and oxygen atoms in total. The molecule has 1 aliphatic rings. The molecule has 1 N–H and O–H groups in total. The fraction of sp³-hybridized carbons (Fsp3) is 0.625. The number of anilines is 1. The molecule has 0 bridgehead atoms. The average molecular weight is 267 g/mol. The first kappa shape index (κ1) is 14.3. The van der Waals surface area contributed by atoms with Gasteiger partial charge in [-0.2, -0.15) is 0 Å². The molecule has 3 heteroatoms. The highest BCUT2D eigenvalue weighted by atomic mass is 19.1. The first-order valence-corrected chi connectivity index (χ1v) is 7.28. The Morgan fingerprint density at radius 2 is 1.74 bits per heavy atom. The van der Waals surface area contributed by atoms with Crippen molar-refractivity contribution >= 4 is 5.69 Å². The number of halogens is 2. The Bertz CT molecular complexity index is 397. The van der Waals surface area contributed by atoms with Crippen molar-refractivity contribution < 1.29 is 8.78 Å². The van der Waals surface area contributed by atoms with E-state index in [4.69, 9.17) is 0 Å². The van der Waals surface area contributed by atoms with Gasteiger partial charge >= 0.3 is 0 Å². The molecule has 1 aromatic rings. The normalized spacial score (nSPS) is 24.3. The predicted octanol–water partition coefficient (Wildman–Crippen LogP) is 4.98. The van der Waals surface area contributed by atoms with Gasteiger partial charge in [0.1, 0.15) is 17.3 Å². The Morgan fingerprint density at radius 1 is 1.05 bits per heavy atom. The summed E-state index contributed by atoms with van der Waals surface area (Å²) in [7, 11) is 0. The van der Waals surface area contributed by atoms with Crippen LogP contribution in [0.5, 0.6) is 0 Å². The van der Waals surface area contributed by atoms with Crippen LogP contribution in [0.25, 0.3) is 0 Å². The Kier molecular flexibility index (Phi) is 4.78. The van der Waals surface area contributed by atoms with Gasteiger partial charge in [0, 0.05) is 6.04 Å². The second-order valence-corrected chi connectivity index (χ2v) is 5.95. The second-order valence-electron chi connectivity index (χ2n) is 5.95. The zero-order valence-electron chi connectivity index (χ0n) is 11.8. The topological polar surface area (TPSA) is 12.0 Å². The van der Waals surface area contributed by atoms with E-state index >= 15 is 0 Å². The molecule has 19 heavy (non-hydrogen) atoms. The van der Waals surface area contributed by atoms with Crippen LogP contribution in [0.3, 0.4) is 0 Å². The largest absolute Gasteiger partial charge is 0.378 e. The van der Waals surface area contributed by atoms with Crippen molar-refractivity contribution in [3.05, 3.63) is 29.8 Å². The van der Waals surface area contributed by atoms with Gasteiger partial charge < -0.3 is 5.32 Å². The molecule has 2 atom stereocenters.